The van der Waals surface area contributed by atoms with E-state index in [0.717, 1.165) is 5.56 Å². The molecule has 0 saturated carbocycles. The van der Waals surface area contributed by atoms with Crippen LogP contribution in [0.2, 0.25) is 5.02 Å². The Bertz CT molecular complexity index is 1220. The van der Waals surface area contributed by atoms with Crippen LogP contribution in [-0.4, -0.2) is 41.5 Å². The van der Waals surface area contributed by atoms with Crippen LogP contribution in [0, 0.1) is 5.82 Å². The molecular weight excluding hydrogens is 489 g/mol. The predicted molar refractivity (Wildman–Crippen MR) is 138 cm³/mol. The molecule has 3 aromatic carbocycles. The minimum atomic E-state index is -0.780. The Hall–Kier alpha value is -3.49. The lowest BCUT2D eigenvalue weighted by Crippen LogP contribution is -2.39. The van der Waals surface area contributed by atoms with Gasteiger partial charge in [-0.3, -0.25) is 14.5 Å². The molecule has 0 radical (unpaired) electrons. The molecule has 180 valence electrons. The zero-order valence-electron chi connectivity index (χ0n) is 18.9. The largest absolute Gasteiger partial charge is 0.497 e. The summed E-state index contributed by atoms with van der Waals surface area (Å²) in [6.07, 6.45) is 0.442. The van der Waals surface area contributed by atoms with E-state index in [1.54, 1.807) is 72.7 Å². The molecule has 1 heterocycles. The summed E-state index contributed by atoms with van der Waals surface area (Å²) in [5, 5.41) is 3.67. The zero-order chi connectivity index (χ0) is 24.9. The Morgan fingerprint density at radius 1 is 1.06 bits per heavy atom. The molecule has 2 amide bonds. The topological polar surface area (TPSA) is 61.9 Å². The molecular formula is C26H23ClFN3O3S. The molecule has 1 N–H and O–H groups in total. The molecule has 1 atom stereocenters. The van der Waals surface area contributed by atoms with Gasteiger partial charge in [-0.25, -0.2) is 4.39 Å². The van der Waals surface area contributed by atoms with Crippen molar-refractivity contribution in [2.24, 2.45) is 0 Å². The van der Waals surface area contributed by atoms with Gasteiger partial charge in [0.05, 0.1) is 19.2 Å². The van der Waals surface area contributed by atoms with Crippen molar-refractivity contribution in [3.8, 4) is 5.75 Å². The molecule has 1 aliphatic heterocycles. The quantitative estimate of drug-likeness (QED) is 0.428. The molecule has 9 heteroatoms. The number of hydrogen-bond acceptors (Lipinski definition) is 4. The summed E-state index contributed by atoms with van der Waals surface area (Å²) < 4.78 is 18.5. The van der Waals surface area contributed by atoms with E-state index in [1.165, 1.54) is 17.0 Å². The Morgan fingerprint density at radius 2 is 1.71 bits per heavy atom. The molecule has 6 nitrogen and oxygen atoms in total. The standard InChI is InChI=1S/C26H23ClFN3O3S/c1-34-22-12-10-21(11-13-22)31-25(33)23(16-24(32)29-20-8-4-18(27)5-9-20)30(26(31)35)15-14-17-2-6-19(28)7-3-17/h2-13,23H,14-16H2,1H3,(H,29,32)/t23-/m0/s1. The Balaban J connectivity index is 1.55. The van der Waals surface area contributed by atoms with Crippen molar-refractivity contribution in [1.29, 1.82) is 0 Å². The summed E-state index contributed by atoms with van der Waals surface area (Å²) in [5.41, 5.74) is 2.07. The van der Waals surface area contributed by atoms with Crippen LogP contribution in [0.4, 0.5) is 15.8 Å². The van der Waals surface area contributed by atoms with E-state index in [0.29, 0.717) is 40.2 Å². The average molecular weight is 512 g/mol. The lowest BCUT2D eigenvalue weighted by atomic mass is 10.1. The minimum absolute atomic E-state index is 0.0856. The SMILES string of the molecule is COc1ccc(N2C(=O)[C@H](CC(=O)Nc3ccc(Cl)cc3)N(CCc3ccc(F)cc3)C2=S)cc1. The van der Waals surface area contributed by atoms with Crippen molar-refractivity contribution < 1.29 is 18.7 Å². The first-order chi connectivity index (χ1) is 16.9. The molecule has 35 heavy (non-hydrogen) atoms. The predicted octanol–water partition coefficient (Wildman–Crippen LogP) is 5.06. The third kappa shape index (κ3) is 5.78. The van der Waals surface area contributed by atoms with Gasteiger partial charge in [-0.05, 0) is 84.9 Å². The van der Waals surface area contributed by atoms with Gasteiger partial charge in [-0.2, -0.15) is 0 Å². The van der Waals surface area contributed by atoms with Crippen molar-refractivity contribution in [1.82, 2.24) is 4.90 Å². The Labute approximate surface area is 213 Å². The number of hydrogen-bond donors (Lipinski definition) is 1. The summed E-state index contributed by atoms with van der Waals surface area (Å²) in [4.78, 5) is 29.5. The van der Waals surface area contributed by atoms with Crippen LogP contribution in [-0.2, 0) is 16.0 Å². The van der Waals surface area contributed by atoms with Crippen LogP contribution in [0.25, 0.3) is 0 Å². The lowest BCUT2D eigenvalue weighted by molar-refractivity contribution is -0.124. The van der Waals surface area contributed by atoms with Crippen LogP contribution in [0.3, 0.4) is 0 Å². The van der Waals surface area contributed by atoms with E-state index in [9.17, 15) is 14.0 Å². The van der Waals surface area contributed by atoms with Gasteiger partial charge in [-0.1, -0.05) is 23.7 Å². The van der Waals surface area contributed by atoms with Crippen molar-refractivity contribution >= 4 is 52.1 Å². The monoisotopic (exact) mass is 511 g/mol. The second kappa shape index (κ2) is 10.8. The number of amides is 2. The second-order valence-electron chi connectivity index (χ2n) is 8.00. The van der Waals surface area contributed by atoms with Crippen LogP contribution < -0.4 is 15.0 Å². The highest BCUT2D eigenvalue weighted by molar-refractivity contribution is 7.80. The fourth-order valence-electron chi connectivity index (χ4n) is 3.88. The molecule has 0 unspecified atom stereocenters. The maximum atomic E-state index is 13.5. The Kier molecular flexibility index (Phi) is 7.63. The van der Waals surface area contributed by atoms with Crippen molar-refractivity contribution in [3.63, 3.8) is 0 Å². The minimum Gasteiger partial charge on any atom is -0.497 e. The van der Waals surface area contributed by atoms with Gasteiger partial charge in [0.25, 0.3) is 5.91 Å². The number of nitrogens with one attached hydrogen (secondary N) is 1. The van der Waals surface area contributed by atoms with E-state index >= 15 is 0 Å². The number of ether oxygens (including phenoxy) is 1. The van der Waals surface area contributed by atoms with E-state index in [2.05, 4.69) is 5.32 Å². The average Bonchev–Trinajstić information content (AvgIpc) is 3.08. The number of carbonyl (C=O) groups is 2. The summed E-state index contributed by atoms with van der Waals surface area (Å²) in [6.45, 7) is 0.391. The summed E-state index contributed by atoms with van der Waals surface area (Å²) in [7, 11) is 1.56. The number of carbonyl (C=O) groups excluding carboxylic acids is 2. The first-order valence-corrected chi connectivity index (χ1v) is 11.7. The first-order valence-electron chi connectivity index (χ1n) is 10.9. The highest BCUT2D eigenvalue weighted by Crippen LogP contribution is 2.29. The van der Waals surface area contributed by atoms with Crippen molar-refractivity contribution in [3.05, 3.63) is 89.2 Å². The number of thiocarbonyl (C=S) groups is 1. The third-order valence-electron chi connectivity index (χ3n) is 5.71. The van der Waals surface area contributed by atoms with Gasteiger partial charge < -0.3 is 15.0 Å². The van der Waals surface area contributed by atoms with E-state index in [1.807, 2.05) is 0 Å². The summed E-state index contributed by atoms with van der Waals surface area (Å²) in [5.74, 6) is -0.274. The number of benzene rings is 3. The molecule has 0 aromatic heterocycles. The Morgan fingerprint density at radius 3 is 2.34 bits per heavy atom. The maximum absolute atomic E-state index is 13.5. The number of nitrogens with zero attached hydrogens (tertiary/aromatic N) is 2. The van der Waals surface area contributed by atoms with Crippen molar-refractivity contribution in [2.45, 2.75) is 18.9 Å². The highest BCUT2D eigenvalue weighted by atomic mass is 35.5. The molecule has 1 aliphatic rings. The second-order valence-corrected chi connectivity index (χ2v) is 8.80. The molecule has 1 saturated heterocycles. The fourth-order valence-corrected chi connectivity index (χ4v) is 4.42. The van der Waals surface area contributed by atoms with Gasteiger partial charge >= 0.3 is 0 Å². The lowest BCUT2D eigenvalue weighted by Gasteiger charge is -2.24. The molecule has 4 rings (SSSR count). The van der Waals surface area contributed by atoms with E-state index in [4.69, 9.17) is 28.6 Å². The molecule has 0 aliphatic carbocycles. The van der Waals surface area contributed by atoms with Gasteiger partial charge in [0, 0.05) is 17.3 Å². The van der Waals surface area contributed by atoms with Gasteiger partial charge in [-0.15, -0.1) is 0 Å². The third-order valence-corrected chi connectivity index (χ3v) is 6.38. The highest BCUT2D eigenvalue weighted by Gasteiger charge is 2.43. The number of rotatable bonds is 8. The van der Waals surface area contributed by atoms with Gasteiger partial charge in [0.1, 0.15) is 17.6 Å². The van der Waals surface area contributed by atoms with Gasteiger partial charge in [0.15, 0.2) is 5.11 Å². The summed E-state index contributed by atoms with van der Waals surface area (Å²) in [6, 6.07) is 19.1. The fraction of sp³-hybridized carbons (Fsp3) is 0.192. The maximum Gasteiger partial charge on any atom is 0.256 e. The molecule has 0 bridgehead atoms. The van der Waals surface area contributed by atoms with Crippen LogP contribution >= 0.6 is 23.8 Å². The molecule has 0 spiro atoms. The van der Waals surface area contributed by atoms with Crippen LogP contribution in [0.15, 0.2) is 72.8 Å². The molecule has 1 fully saturated rings. The number of methoxy groups -OCH3 is 1. The van der Waals surface area contributed by atoms with Crippen LogP contribution in [0.1, 0.15) is 12.0 Å². The smallest absolute Gasteiger partial charge is 0.256 e. The zero-order valence-corrected chi connectivity index (χ0v) is 20.5. The van der Waals surface area contributed by atoms with E-state index in [-0.39, 0.29) is 24.1 Å². The van der Waals surface area contributed by atoms with Crippen LogP contribution in [0.5, 0.6) is 5.75 Å². The van der Waals surface area contributed by atoms with Gasteiger partial charge in [0.2, 0.25) is 5.91 Å². The number of halogens is 2. The van der Waals surface area contributed by atoms with Crippen molar-refractivity contribution in [2.75, 3.05) is 23.9 Å². The normalized spacial score (nSPS) is 15.5. The first kappa shape index (κ1) is 24.6. The summed E-state index contributed by atoms with van der Waals surface area (Å²) >= 11 is 11.6. The molecule has 3 aromatic rings. The van der Waals surface area contributed by atoms with E-state index < -0.39 is 6.04 Å². The number of anilines is 2.